The van der Waals surface area contributed by atoms with Crippen molar-refractivity contribution < 1.29 is 18.4 Å². The molecule has 2 fully saturated rings. The Bertz CT molecular complexity index is 1160. The highest BCUT2D eigenvalue weighted by atomic mass is 19.1. The molecule has 2 aliphatic heterocycles. The van der Waals surface area contributed by atoms with Gasteiger partial charge < -0.3 is 19.5 Å². The van der Waals surface area contributed by atoms with E-state index in [0.717, 1.165) is 49.2 Å². The third-order valence-electron chi connectivity index (χ3n) is 7.19. The van der Waals surface area contributed by atoms with Crippen LogP contribution in [0.1, 0.15) is 24.8 Å². The average Bonchev–Trinajstić information content (AvgIpc) is 3.59. The topological polar surface area (TPSA) is 83.7 Å². The minimum atomic E-state index is -0.155. The van der Waals surface area contributed by atoms with Crippen LogP contribution in [0, 0.1) is 17.7 Å². The molecule has 0 aliphatic carbocycles. The SMILES string of the molecule is COc1ccc(-c2noc(N3CCC(C(=O)NCC4CCN(Cc5ccccc5F)C4)CC3)n2)cc1. The molecule has 2 aliphatic rings. The summed E-state index contributed by atoms with van der Waals surface area (Å²) in [6, 6.07) is 14.9. The van der Waals surface area contributed by atoms with Crippen molar-refractivity contribution in [1.82, 2.24) is 20.4 Å². The molecular formula is C27H32FN5O3. The van der Waals surface area contributed by atoms with E-state index in [1.807, 2.05) is 41.3 Å². The first-order valence-electron chi connectivity index (χ1n) is 12.6. The van der Waals surface area contributed by atoms with E-state index in [1.165, 1.54) is 6.07 Å². The molecule has 1 N–H and O–H groups in total. The van der Waals surface area contributed by atoms with Crippen LogP contribution in [0.15, 0.2) is 53.1 Å². The Morgan fingerprint density at radius 2 is 1.89 bits per heavy atom. The van der Waals surface area contributed by atoms with E-state index in [1.54, 1.807) is 13.2 Å². The van der Waals surface area contributed by atoms with Gasteiger partial charge >= 0.3 is 6.01 Å². The second-order valence-corrected chi connectivity index (χ2v) is 9.62. The number of hydrogen-bond acceptors (Lipinski definition) is 7. The third-order valence-corrected chi connectivity index (χ3v) is 7.19. The number of ether oxygens (including phenoxy) is 1. The first-order chi connectivity index (χ1) is 17.6. The van der Waals surface area contributed by atoms with Gasteiger partial charge in [0.2, 0.25) is 11.7 Å². The highest BCUT2D eigenvalue weighted by molar-refractivity contribution is 5.79. The lowest BCUT2D eigenvalue weighted by Crippen LogP contribution is -2.42. The number of carbonyl (C=O) groups is 1. The van der Waals surface area contributed by atoms with Crippen LogP contribution < -0.4 is 15.0 Å². The van der Waals surface area contributed by atoms with Gasteiger partial charge in [0.15, 0.2) is 0 Å². The van der Waals surface area contributed by atoms with Crippen LogP contribution in [0.2, 0.25) is 0 Å². The summed E-state index contributed by atoms with van der Waals surface area (Å²) in [5.41, 5.74) is 1.59. The first kappa shape index (κ1) is 24.2. The van der Waals surface area contributed by atoms with E-state index in [2.05, 4.69) is 20.4 Å². The van der Waals surface area contributed by atoms with Crippen molar-refractivity contribution in [3.63, 3.8) is 0 Å². The number of methoxy groups -OCH3 is 1. The normalized spacial score (nSPS) is 18.9. The quantitative estimate of drug-likeness (QED) is 0.512. The molecule has 1 atom stereocenters. The van der Waals surface area contributed by atoms with Crippen molar-refractivity contribution >= 4 is 11.9 Å². The van der Waals surface area contributed by atoms with E-state index < -0.39 is 0 Å². The predicted molar refractivity (Wildman–Crippen MR) is 134 cm³/mol. The molecule has 5 rings (SSSR count). The Labute approximate surface area is 210 Å². The molecule has 1 unspecified atom stereocenters. The van der Waals surface area contributed by atoms with Crippen molar-refractivity contribution in [2.24, 2.45) is 11.8 Å². The summed E-state index contributed by atoms with van der Waals surface area (Å²) in [7, 11) is 1.63. The van der Waals surface area contributed by atoms with E-state index in [4.69, 9.17) is 9.26 Å². The Morgan fingerprint density at radius 3 is 2.64 bits per heavy atom. The zero-order valence-corrected chi connectivity index (χ0v) is 20.5. The number of likely N-dealkylation sites (tertiary alicyclic amines) is 1. The van der Waals surface area contributed by atoms with Gasteiger partial charge in [-0.05, 0) is 62.1 Å². The largest absolute Gasteiger partial charge is 0.497 e. The molecule has 0 radical (unpaired) electrons. The molecular weight excluding hydrogens is 461 g/mol. The minimum Gasteiger partial charge on any atom is -0.497 e. The number of hydrogen-bond donors (Lipinski definition) is 1. The molecule has 9 heteroatoms. The van der Waals surface area contributed by atoms with E-state index in [9.17, 15) is 9.18 Å². The number of rotatable bonds is 8. The van der Waals surface area contributed by atoms with Gasteiger partial charge in [-0.25, -0.2) is 4.39 Å². The van der Waals surface area contributed by atoms with Crippen LogP contribution in [-0.4, -0.2) is 60.8 Å². The lowest BCUT2D eigenvalue weighted by Gasteiger charge is -2.30. The van der Waals surface area contributed by atoms with Crippen molar-refractivity contribution in [2.45, 2.75) is 25.8 Å². The number of aromatic nitrogens is 2. The average molecular weight is 494 g/mol. The van der Waals surface area contributed by atoms with Crippen molar-refractivity contribution in [3.05, 3.63) is 59.9 Å². The van der Waals surface area contributed by atoms with E-state index >= 15 is 0 Å². The molecule has 1 amide bonds. The molecule has 0 saturated carbocycles. The summed E-state index contributed by atoms with van der Waals surface area (Å²) in [6.45, 7) is 4.48. The maximum absolute atomic E-state index is 13.9. The fraction of sp³-hybridized carbons (Fsp3) is 0.444. The maximum Gasteiger partial charge on any atom is 0.324 e. The Kier molecular flexibility index (Phi) is 7.46. The van der Waals surface area contributed by atoms with Gasteiger partial charge in [0, 0.05) is 49.8 Å². The molecule has 3 aromatic rings. The van der Waals surface area contributed by atoms with Crippen molar-refractivity contribution in [3.8, 4) is 17.1 Å². The molecule has 2 aromatic carbocycles. The van der Waals surface area contributed by atoms with E-state index in [0.29, 0.717) is 43.9 Å². The monoisotopic (exact) mass is 493 g/mol. The van der Waals surface area contributed by atoms with Crippen LogP contribution >= 0.6 is 0 Å². The van der Waals surface area contributed by atoms with Crippen LogP contribution in [0.4, 0.5) is 10.4 Å². The molecule has 2 saturated heterocycles. The summed E-state index contributed by atoms with van der Waals surface area (Å²) in [4.78, 5) is 21.6. The van der Waals surface area contributed by atoms with Crippen LogP contribution in [0.5, 0.6) is 5.75 Å². The van der Waals surface area contributed by atoms with Crippen LogP contribution in [0.3, 0.4) is 0 Å². The number of amides is 1. The zero-order chi connectivity index (χ0) is 24.9. The number of halogens is 1. The molecule has 190 valence electrons. The van der Waals surface area contributed by atoms with Gasteiger partial charge in [0.25, 0.3) is 0 Å². The number of nitrogens with zero attached hydrogens (tertiary/aromatic N) is 4. The summed E-state index contributed by atoms with van der Waals surface area (Å²) >= 11 is 0. The molecule has 8 nitrogen and oxygen atoms in total. The van der Waals surface area contributed by atoms with Gasteiger partial charge in [0.1, 0.15) is 11.6 Å². The van der Waals surface area contributed by atoms with Gasteiger partial charge in [0.05, 0.1) is 7.11 Å². The number of benzene rings is 2. The summed E-state index contributed by atoms with van der Waals surface area (Å²) < 4.78 is 24.6. The van der Waals surface area contributed by atoms with E-state index in [-0.39, 0.29) is 17.6 Å². The zero-order valence-electron chi connectivity index (χ0n) is 20.5. The van der Waals surface area contributed by atoms with Gasteiger partial charge in [-0.3, -0.25) is 9.69 Å². The number of nitrogens with one attached hydrogen (secondary N) is 1. The van der Waals surface area contributed by atoms with Crippen LogP contribution in [0.25, 0.3) is 11.4 Å². The fourth-order valence-corrected chi connectivity index (χ4v) is 5.01. The maximum atomic E-state index is 13.9. The first-order valence-corrected chi connectivity index (χ1v) is 12.6. The minimum absolute atomic E-state index is 0.0128. The number of anilines is 1. The second kappa shape index (κ2) is 11.1. The molecule has 36 heavy (non-hydrogen) atoms. The molecule has 3 heterocycles. The molecule has 0 bridgehead atoms. The van der Waals surface area contributed by atoms with Gasteiger partial charge in [-0.15, -0.1) is 0 Å². The Hall–Kier alpha value is -3.46. The third kappa shape index (κ3) is 5.67. The lowest BCUT2D eigenvalue weighted by atomic mass is 9.96. The Morgan fingerprint density at radius 1 is 1.11 bits per heavy atom. The summed E-state index contributed by atoms with van der Waals surface area (Å²) in [5.74, 6) is 1.66. The van der Waals surface area contributed by atoms with Crippen molar-refractivity contribution in [1.29, 1.82) is 0 Å². The Balaban J connectivity index is 1.05. The number of piperidine rings is 1. The summed E-state index contributed by atoms with van der Waals surface area (Å²) in [5, 5.41) is 7.27. The van der Waals surface area contributed by atoms with Gasteiger partial charge in [-0.1, -0.05) is 23.4 Å². The fourth-order valence-electron chi connectivity index (χ4n) is 5.01. The lowest BCUT2D eigenvalue weighted by molar-refractivity contribution is -0.125. The standard InChI is InChI=1S/C27H32FN5O3/c1-35-23-8-6-20(7-9-23)25-30-27(36-31-25)33-14-11-21(12-15-33)26(34)29-16-19-10-13-32(17-19)18-22-4-2-3-5-24(22)28/h2-9,19,21H,10-18H2,1H3,(H,29,34). The predicted octanol–water partition coefficient (Wildman–Crippen LogP) is 3.74. The highest BCUT2D eigenvalue weighted by Gasteiger charge is 2.29. The second-order valence-electron chi connectivity index (χ2n) is 9.62. The highest BCUT2D eigenvalue weighted by Crippen LogP contribution is 2.26. The smallest absolute Gasteiger partial charge is 0.324 e. The number of carbonyl (C=O) groups excluding carboxylic acids is 1. The molecule has 0 spiro atoms. The van der Waals surface area contributed by atoms with Gasteiger partial charge in [-0.2, -0.15) is 4.98 Å². The van der Waals surface area contributed by atoms with Crippen molar-refractivity contribution in [2.75, 3.05) is 44.7 Å². The molecule has 1 aromatic heterocycles. The van der Waals surface area contributed by atoms with Crippen LogP contribution in [-0.2, 0) is 11.3 Å². The summed E-state index contributed by atoms with van der Waals surface area (Å²) in [6.07, 6.45) is 2.51.